The summed E-state index contributed by atoms with van der Waals surface area (Å²) in [5.41, 5.74) is 1.62. The molecule has 1 amide bonds. The third-order valence-corrected chi connectivity index (χ3v) is 4.96. The van der Waals surface area contributed by atoms with Crippen LogP contribution in [0.2, 0.25) is 0 Å². The Morgan fingerprint density at radius 1 is 1.29 bits per heavy atom. The van der Waals surface area contributed by atoms with Crippen LogP contribution in [0.15, 0.2) is 24.3 Å². The number of hydrogen-bond donors (Lipinski definition) is 0. The molecule has 1 spiro atoms. The van der Waals surface area contributed by atoms with Gasteiger partial charge < -0.3 is 19.1 Å². The summed E-state index contributed by atoms with van der Waals surface area (Å²) in [4.78, 5) is 15.0. The van der Waals surface area contributed by atoms with Gasteiger partial charge in [-0.05, 0) is 31.0 Å². The first-order valence-electron chi connectivity index (χ1n) is 8.86. The standard InChI is InChI=1S/C19H27NO4/c1-3-15-5-7-16(8-6-15)18(21)20-9-10-23-13-19(20)11-17(24-14-19)12-22-4-2/h5-8,17H,3-4,9-14H2,1-2H3. The number of carbonyl (C=O) groups excluding carboxylic acids is 1. The molecule has 2 fully saturated rings. The molecule has 0 radical (unpaired) electrons. The maximum atomic E-state index is 13.1. The lowest BCUT2D eigenvalue weighted by Gasteiger charge is -2.43. The first-order chi connectivity index (χ1) is 11.7. The molecule has 2 saturated heterocycles. The SMILES string of the molecule is CCOCC1CC2(COCCN2C(=O)c2ccc(CC)cc2)CO1. The van der Waals surface area contributed by atoms with Crippen molar-refractivity contribution >= 4 is 5.91 Å². The van der Waals surface area contributed by atoms with E-state index >= 15 is 0 Å². The molecule has 0 N–H and O–H groups in total. The van der Waals surface area contributed by atoms with Gasteiger partial charge in [-0.1, -0.05) is 19.1 Å². The van der Waals surface area contributed by atoms with Gasteiger partial charge in [0, 0.05) is 25.1 Å². The second kappa shape index (κ2) is 7.64. The molecule has 1 aromatic carbocycles. The summed E-state index contributed by atoms with van der Waals surface area (Å²) in [6, 6.07) is 7.92. The van der Waals surface area contributed by atoms with Crippen molar-refractivity contribution in [2.24, 2.45) is 0 Å². The van der Waals surface area contributed by atoms with Gasteiger partial charge in [0.1, 0.15) is 0 Å². The van der Waals surface area contributed by atoms with Crippen LogP contribution in [-0.2, 0) is 20.6 Å². The lowest BCUT2D eigenvalue weighted by atomic mass is 9.92. The van der Waals surface area contributed by atoms with Gasteiger partial charge in [0.15, 0.2) is 0 Å². The van der Waals surface area contributed by atoms with Crippen LogP contribution in [0.25, 0.3) is 0 Å². The smallest absolute Gasteiger partial charge is 0.254 e. The minimum Gasteiger partial charge on any atom is -0.379 e. The predicted octanol–water partition coefficient (Wildman–Crippen LogP) is 2.29. The van der Waals surface area contributed by atoms with Crippen molar-refractivity contribution in [1.29, 1.82) is 0 Å². The summed E-state index contributed by atoms with van der Waals surface area (Å²) in [6.07, 6.45) is 1.78. The normalized spacial score (nSPS) is 26.9. The van der Waals surface area contributed by atoms with Crippen LogP contribution in [0, 0.1) is 0 Å². The molecule has 0 saturated carbocycles. The fourth-order valence-corrected chi connectivity index (χ4v) is 3.55. The Morgan fingerprint density at radius 2 is 2.08 bits per heavy atom. The van der Waals surface area contributed by atoms with Crippen molar-refractivity contribution in [3.8, 4) is 0 Å². The molecule has 0 aromatic heterocycles. The zero-order valence-corrected chi connectivity index (χ0v) is 14.6. The number of rotatable bonds is 5. The molecule has 2 atom stereocenters. The van der Waals surface area contributed by atoms with E-state index in [0.29, 0.717) is 39.6 Å². The molecule has 2 aliphatic heterocycles. The number of morpholine rings is 1. The van der Waals surface area contributed by atoms with Crippen LogP contribution in [0.3, 0.4) is 0 Å². The molecule has 5 nitrogen and oxygen atoms in total. The van der Waals surface area contributed by atoms with E-state index in [1.165, 1.54) is 5.56 Å². The van der Waals surface area contributed by atoms with Crippen molar-refractivity contribution in [3.05, 3.63) is 35.4 Å². The van der Waals surface area contributed by atoms with Crippen LogP contribution in [0.1, 0.15) is 36.2 Å². The van der Waals surface area contributed by atoms with Crippen molar-refractivity contribution in [2.75, 3.05) is 39.6 Å². The molecule has 2 aliphatic rings. The Balaban J connectivity index is 1.75. The molecule has 3 rings (SSSR count). The second-order valence-corrected chi connectivity index (χ2v) is 6.58. The number of carbonyl (C=O) groups is 1. The molecule has 0 bridgehead atoms. The molecule has 5 heteroatoms. The number of amides is 1. The van der Waals surface area contributed by atoms with Crippen molar-refractivity contribution in [1.82, 2.24) is 4.90 Å². The van der Waals surface area contributed by atoms with Crippen LogP contribution in [0.4, 0.5) is 0 Å². The highest BCUT2D eigenvalue weighted by Gasteiger charge is 2.49. The lowest BCUT2D eigenvalue weighted by molar-refractivity contribution is -0.0559. The van der Waals surface area contributed by atoms with E-state index in [9.17, 15) is 4.79 Å². The lowest BCUT2D eigenvalue weighted by Crippen LogP contribution is -2.59. The van der Waals surface area contributed by atoms with Crippen molar-refractivity contribution in [3.63, 3.8) is 0 Å². The zero-order valence-electron chi connectivity index (χ0n) is 14.6. The molecule has 1 aromatic rings. The summed E-state index contributed by atoms with van der Waals surface area (Å²) < 4.78 is 17.1. The van der Waals surface area contributed by atoms with Crippen molar-refractivity contribution in [2.45, 2.75) is 38.3 Å². The topological polar surface area (TPSA) is 48.0 Å². The highest BCUT2D eigenvalue weighted by molar-refractivity contribution is 5.95. The number of nitrogens with zero attached hydrogens (tertiary/aromatic N) is 1. The van der Waals surface area contributed by atoms with E-state index in [0.717, 1.165) is 18.4 Å². The number of benzene rings is 1. The number of aryl methyl sites for hydroxylation is 1. The van der Waals surface area contributed by atoms with E-state index in [1.807, 2.05) is 36.1 Å². The minimum atomic E-state index is -0.361. The van der Waals surface area contributed by atoms with Gasteiger partial charge in [-0.3, -0.25) is 4.79 Å². The Kier molecular flexibility index (Phi) is 5.54. The van der Waals surface area contributed by atoms with Gasteiger partial charge in [-0.15, -0.1) is 0 Å². The molecule has 0 aliphatic carbocycles. The molecular weight excluding hydrogens is 306 g/mol. The number of ether oxygens (including phenoxy) is 3. The summed E-state index contributed by atoms with van der Waals surface area (Å²) in [5.74, 6) is 0.0709. The maximum absolute atomic E-state index is 13.1. The molecule has 2 unspecified atom stereocenters. The molecule has 132 valence electrons. The third kappa shape index (κ3) is 3.48. The fraction of sp³-hybridized carbons (Fsp3) is 0.632. The summed E-state index contributed by atoms with van der Waals surface area (Å²) in [6.45, 7) is 7.58. The van der Waals surface area contributed by atoms with Gasteiger partial charge in [-0.25, -0.2) is 0 Å². The Labute approximate surface area is 143 Å². The van der Waals surface area contributed by atoms with E-state index in [1.54, 1.807) is 0 Å². The van der Waals surface area contributed by atoms with Gasteiger partial charge in [0.25, 0.3) is 5.91 Å². The molecule has 24 heavy (non-hydrogen) atoms. The van der Waals surface area contributed by atoms with E-state index in [2.05, 4.69) is 6.92 Å². The van der Waals surface area contributed by atoms with Crippen LogP contribution in [0.5, 0.6) is 0 Å². The second-order valence-electron chi connectivity index (χ2n) is 6.58. The Bertz CT molecular complexity index is 559. The molecular formula is C19H27NO4. The average molecular weight is 333 g/mol. The van der Waals surface area contributed by atoms with Crippen LogP contribution in [-0.4, -0.2) is 62.0 Å². The predicted molar refractivity (Wildman–Crippen MR) is 91.3 cm³/mol. The highest BCUT2D eigenvalue weighted by Crippen LogP contribution is 2.34. The first-order valence-corrected chi connectivity index (χ1v) is 8.86. The third-order valence-electron chi connectivity index (χ3n) is 4.96. The largest absolute Gasteiger partial charge is 0.379 e. The maximum Gasteiger partial charge on any atom is 0.254 e. The number of hydrogen-bond acceptors (Lipinski definition) is 4. The summed E-state index contributed by atoms with van der Waals surface area (Å²) in [5, 5.41) is 0. The highest BCUT2D eigenvalue weighted by atomic mass is 16.5. The zero-order chi connectivity index (χ0) is 17.0. The van der Waals surface area contributed by atoms with Gasteiger partial charge in [0.05, 0.1) is 38.1 Å². The van der Waals surface area contributed by atoms with Gasteiger partial charge in [0.2, 0.25) is 0 Å². The Hall–Kier alpha value is -1.43. The Morgan fingerprint density at radius 3 is 2.79 bits per heavy atom. The summed E-state index contributed by atoms with van der Waals surface area (Å²) in [7, 11) is 0. The van der Waals surface area contributed by atoms with Crippen LogP contribution < -0.4 is 0 Å². The monoisotopic (exact) mass is 333 g/mol. The van der Waals surface area contributed by atoms with E-state index in [4.69, 9.17) is 14.2 Å². The van der Waals surface area contributed by atoms with Gasteiger partial charge in [-0.2, -0.15) is 0 Å². The van der Waals surface area contributed by atoms with Crippen molar-refractivity contribution < 1.29 is 19.0 Å². The first kappa shape index (κ1) is 17.4. The quantitative estimate of drug-likeness (QED) is 0.829. The summed E-state index contributed by atoms with van der Waals surface area (Å²) >= 11 is 0. The average Bonchev–Trinajstić information content (AvgIpc) is 3.03. The fourth-order valence-electron chi connectivity index (χ4n) is 3.55. The minimum absolute atomic E-state index is 0.0319. The van der Waals surface area contributed by atoms with Crippen LogP contribution >= 0.6 is 0 Å². The van der Waals surface area contributed by atoms with Gasteiger partial charge >= 0.3 is 0 Å². The molecule has 2 heterocycles. The van der Waals surface area contributed by atoms with E-state index in [-0.39, 0.29) is 17.6 Å². The van der Waals surface area contributed by atoms with E-state index < -0.39 is 0 Å².